The topological polar surface area (TPSA) is 58.1 Å². The number of carbonyl (C=O) groups is 1. The third-order valence-electron chi connectivity index (χ3n) is 4.12. The van der Waals surface area contributed by atoms with E-state index in [1.807, 2.05) is 24.3 Å². The SMILES string of the molecule is O=C(NCc1ncc(C(F)(F)F)cn1)N1CC=C(c2cccc(Cl)c2)CC1. The number of urea groups is 1. The van der Waals surface area contributed by atoms with Crippen molar-refractivity contribution in [2.75, 3.05) is 13.1 Å². The minimum Gasteiger partial charge on any atom is -0.331 e. The van der Waals surface area contributed by atoms with Crippen LogP contribution >= 0.6 is 11.6 Å². The van der Waals surface area contributed by atoms with E-state index >= 15 is 0 Å². The number of amides is 2. The van der Waals surface area contributed by atoms with Gasteiger partial charge in [-0.05, 0) is 29.7 Å². The average molecular weight is 397 g/mol. The Bertz CT molecular complexity index is 852. The first-order valence-corrected chi connectivity index (χ1v) is 8.56. The van der Waals surface area contributed by atoms with Crippen molar-refractivity contribution >= 4 is 23.2 Å². The van der Waals surface area contributed by atoms with Crippen LogP contribution in [0.1, 0.15) is 23.4 Å². The second kappa shape index (κ2) is 7.96. The summed E-state index contributed by atoms with van der Waals surface area (Å²) in [6.07, 6.45) is -0.429. The number of carbonyl (C=O) groups excluding carboxylic acids is 1. The molecule has 5 nitrogen and oxygen atoms in total. The Hall–Kier alpha value is -2.61. The van der Waals surface area contributed by atoms with E-state index in [-0.39, 0.29) is 18.4 Å². The van der Waals surface area contributed by atoms with E-state index in [4.69, 9.17) is 11.6 Å². The Morgan fingerprint density at radius 2 is 2.00 bits per heavy atom. The van der Waals surface area contributed by atoms with Gasteiger partial charge in [0, 0.05) is 30.5 Å². The number of aromatic nitrogens is 2. The lowest BCUT2D eigenvalue weighted by molar-refractivity contribution is -0.138. The number of nitrogens with zero attached hydrogens (tertiary/aromatic N) is 3. The van der Waals surface area contributed by atoms with Crippen LogP contribution in [0.2, 0.25) is 5.02 Å². The Balaban J connectivity index is 1.54. The standard InChI is InChI=1S/C18H16ClF3N4O/c19-15-3-1-2-13(8-15)12-4-6-26(7-5-12)17(27)25-11-16-23-9-14(10-24-16)18(20,21)22/h1-4,8-10H,5-7,11H2,(H,25,27). The largest absolute Gasteiger partial charge is 0.419 e. The Kier molecular flexibility index (Phi) is 5.65. The maximum absolute atomic E-state index is 12.5. The normalized spacial score (nSPS) is 14.7. The minimum atomic E-state index is -4.48. The first kappa shape index (κ1) is 19.2. The lowest BCUT2D eigenvalue weighted by Gasteiger charge is -2.26. The molecule has 1 aromatic heterocycles. The van der Waals surface area contributed by atoms with E-state index in [0.29, 0.717) is 36.9 Å². The zero-order valence-corrected chi connectivity index (χ0v) is 14.9. The van der Waals surface area contributed by atoms with Crippen molar-refractivity contribution < 1.29 is 18.0 Å². The summed E-state index contributed by atoms with van der Waals surface area (Å²) < 4.78 is 37.5. The van der Waals surface area contributed by atoms with Gasteiger partial charge in [-0.25, -0.2) is 14.8 Å². The molecule has 0 saturated heterocycles. The number of alkyl halides is 3. The molecule has 0 aliphatic carbocycles. The van der Waals surface area contributed by atoms with Crippen LogP contribution in [0.15, 0.2) is 42.7 Å². The molecule has 0 bridgehead atoms. The highest BCUT2D eigenvalue weighted by molar-refractivity contribution is 6.30. The lowest BCUT2D eigenvalue weighted by atomic mass is 10.00. The summed E-state index contributed by atoms with van der Waals surface area (Å²) >= 11 is 6.00. The Labute approximate surface area is 158 Å². The molecule has 142 valence electrons. The summed E-state index contributed by atoms with van der Waals surface area (Å²) in [4.78, 5) is 21.1. The number of benzene rings is 1. The molecule has 9 heteroatoms. The Morgan fingerprint density at radius 3 is 2.59 bits per heavy atom. The summed E-state index contributed by atoms with van der Waals surface area (Å²) in [5, 5.41) is 3.28. The number of hydrogen-bond acceptors (Lipinski definition) is 3. The third-order valence-corrected chi connectivity index (χ3v) is 4.36. The van der Waals surface area contributed by atoms with E-state index < -0.39 is 11.7 Å². The van der Waals surface area contributed by atoms with E-state index in [9.17, 15) is 18.0 Å². The van der Waals surface area contributed by atoms with Gasteiger partial charge in [-0.3, -0.25) is 0 Å². The molecule has 2 amide bonds. The van der Waals surface area contributed by atoms with Gasteiger partial charge in [0.25, 0.3) is 0 Å². The zero-order valence-electron chi connectivity index (χ0n) is 14.1. The number of rotatable bonds is 3. The van der Waals surface area contributed by atoms with Gasteiger partial charge >= 0.3 is 12.2 Å². The first-order valence-electron chi connectivity index (χ1n) is 8.19. The van der Waals surface area contributed by atoms with Crippen molar-refractivity contribution in [2.24, 2.45) is 0 Å². The molecular formula is C18H16ClF3N4O. The minimum absolute atomic E-state index is 0.0433. The lowest BCUT2D eigenvalue weighted by Crippen LogP contribution is -2.42. The third kappa shape index (κ3) is 4.97. The fourth-order valence-electron chi connectivity index (χ4n) is 2.66. The molecule has 0 radical (unpaired) electrons. The Morgan fingerprint density at radius 1 is 1.26 bits per heavy atom. The number of nitrogens with one attached hydrogen (secondary N) is 1. The van der Waals surface area contributed by atoms with Crippen molar-refractivity contribution in [3.8, 4) is 0 Å². The molecule has 2 heterocycles. The van der Waals surface area contributed by atoms with Crippen LogP contribution in [0.3, 0.4) is 0 Å². The molecule has 0 fully saturated rings. The first-order chi connectivity index (χ1) is 12.8. The second-order valence-corrected chi connectivity index (χ2v) is 6.42. The monoisotopic (exact) mass is 396 g/mol. The van der Waals surface area contributed by atoms with Gasteiger partial charge in [0.15, 0.2) is 0 Å². The van der Waals surface area contributed by atoms with Crippen molar-refractivity contribution in [3.05, 3.63) is 64.7 Å². The van der Waals surface area contributed by atoms with Gasteiger partial charge in [-0.2, -0.15) is 13.2 Å². The van der Waals surface area contributed by atoms with Crippen LogP contribution in [0, 0.1) is 0 Å². The molecule has 2 aromatic rings. The van der Waals surface area contributed by atoms with Crippen LogP contribution in [0.5, 0.6) is 0 Å². The van der Waals surface area contributed by atoms with Gasteiger partial charge in [-0.15, -0.1) is 0 Å². The van der Waals surface area contributed by atoms with Crippen molar-refractivity contribution in [2.45, 2.75) is 19.1 Å². The zero-order chi connectivity index (χ0) is 19.4. The highest BCUT2D eigenvalue weighted by atomic mass is 35.5. The summed E-state index contributed by atoms with van der Waals surface area (Å²) in [5.41, 5.74) is 1.22. The van der Waals surface area contributed by atoms with Crippen LogP contribution in [-0.2, 0) is 12.7 Å². The van der Waals surface area contributed by atoms with E-state index in [1.165, 1.54) is 0 Å². The summed E-state index contributed by atoms with van der Waals surface area (Å²) in [7, 11) is 0. The second-order valence-electron chi connectivity index (χ2n) is 5.98. The van der Waals surface area contributed by atoms with Crippen molar-refractivity contribution in [1.82, 2.24) is 20.2 Å². The fraction of sp³-hybridized carbons (Fsp3) is 0.278. The maximum Gasteiger partial charge on any atom is 0.419 e. The van der Waals surface area contributed by atoms with E-state index in [0.717, 1.165) is 11.1 Å². The molecule has 27 heavy (non-hydrogen) atoms. The maximum atomic E-state index is 12.5. The van der Waals surface area contributed by atoms with Crippen molar-refractivity contribution in [1.29, 1.82) is 0 Å². The smallest absolute Gasteiger partial charge is 0.331 e. The molecule has 0 atom stereocenters. The molecule has 1 aliphatic rings. The summed E-state index contributed by atoms with van der Waals surface area (Å²) in [5.74, 6) is 0.114. The molecule has 3 rings (SSSR count). The van der Waals surface area contributed by atoms with E-state index in [1.54, 1.807) is 11.0 Å². The van der Waals surface area contributed by atoms with Gasteiger partial charge in [0.05, 0.1) is 12.1 Å². The quantitative estimate of drug-likeness (QED) is 0.848. The van der Waals surface area contributed by atoms with Gasteiger partial charge in [-0.1, -0.05) is 29.8 Å². The van der Waals surface area contributed by atoms with Gasteiger partial charge < -0.3 is 10.2 Å². The molecule has 0 saturated carbocycles. The van der Waals surface area contributed by atoms with Crippen LogP contribution in [-0.4, -0.2) is 34.0 Å². The highest BCUT2D eigenvalue weighted by Gasteiger charge is 2.31. The van der Waals surface area contributed by atoms with Crippen molar-refractivity contribution in [3.63, 3.8) is 0 Å². The average Bonchev–Trinajstić information content (AvgIpc) is 2.66. The molecule has 0 unspecified atom stereocenters. The van der Waals surface area contributed by atoms with Gasteiger partial charge in [0.2, 0.25) is 0 Å². The molecular weight excluding hydrogens is 381 g/mol. The number of hydrogen-bond donors (Lipinski definition) is 1. The molecule has 1 aromatic carbocycles. The summed E-state index contributed by atoms with van der Waals surface area (Å²) in [6, 6.07) is 7.21. The fourth-order valence-corrected chi connectivity index (χ4v) is 2.85. The summed E-state index contributed by atoms with van der Waals surface area (Å²) in [6.45, 7) is 0.915. The number of halogens is 4. The highest BCUT2D eigenvalue weighted by Crippen LogP contribution is 2.27. The van der Waals surface area contributed by atoms with Gasteiger partial charge in [0.1, 0.15) is 5.82 Å². The van der Waals surface area contributed by atoms with Crippen LogP contribution in [0.4, 0.5) is 18.0 Å². The molecule has 0 spiro atoms. The van der Waals surface area contributed by atoms with Crippen LogP contribution in [0.25, 0.3) is 5.57 Å². The predicted octanol–water partition coefficient (Wildman–Crippen LogP) is 4.15. The molecule has 1 aliphatic heterocycles. The predicted molar refractivity (Wildman–Crippen MR) is 94.9 cm³/mol. The van der Waals surface area contributed by atoms with Crippen LogP contribution < -0.4 is 5.32 Å². The molecule has 1 N–H and O–H groups in total. The van der Waals surface area contributed by atoms with E-state index in [2.05, 4.69) is 15.3 Å².